The highest BCUT2D eigenvalue weighted by Gasteiger charge is 2.41. The molecule has 156 valence electrons. The first-order valence-corrected chi connectivity index (χ1v) is 8.85. The first kappa shape index (κ1) is 21.4. The first-order valence-electron chi connectivity index (χ1n) is 8.85. The van der Waals surface area contributed by atoms with E-state index in [9.17, 15) is 23.2 Å². The molecule has 1 aliphatic heterocycles. The molecule has 0 aromatic heterocycles. The number of allylic oxidation sites excluding steroid dienone is 1. The summed E-state index contributed by atoms with van der Waals surface area (Å²) in [4.78, 5) is 14.2. The summed E-state index contributed by atoms with van der Waals surface area (Å²) in [7, 11) is 0. The summed E-state index contributed by atoms with van der Waals surface area (Å²) in [6.45, 7) is 1.47. The number of rotatable bonds is 2. The predicted molar refractivity (Wildman–Crippen MR) is 105 cm³/mol. The highest BCUT2D eigenvalue weighted by atomic mass is 19.4. The number of nitrogens with zero attached hydrogens (tertiary/aromatic N) is 4. The van der Waals surface area contributed by atoms with Crippen LogP contribution in [0.15, 0.2) is 59.8 Å². The molecule has 7 nitrogen and oxygen atoms in total. The topological polar surface area (TPSA) is 121 Å². The predicted octanol–water partition coefficient (Wildman–Crippen LogP) is 4.25. The number of hydrogen-bond acceptors (Lipinski definition) is 4. The number of benzene rings is 2. The van der Waals surface area contributed by atoms with Crippen LogP contribution in [-0.4, -0.2) is 16.9 Å². The molecule has 3 rings (SSSR count). The van der Waals surface area contributed by atoms with Crippen LogP contribution in [0.2, 0.25) is 0 Å². The molecule has 0 bridgehead atoms. The second-order valence-corrected chi connectivity index (χ2v) is 6.66. The summed E-state index contributed by atoms with van der Waals surface area (Å²) in [5.74, 6) is -0.502. The van der Waals surface area contributed by atoms with E-state index >= 15 is 0 Å². The van der Waals surface area contributed by atoms with Crippen LogP contribution in [0.5, 0.6) is 0 Å². The molecule has 31 heavy (non-hydrogen) atoms. The van der Waals surface area contributed by atoms with E-state index in [-0.39, 0.29) is 17.0 Å². The van der Waals surface area contributed by atoms with Gasteiger partial charge in [0.1, 0.15) is 6.04 Å². The summed E-state index contributed by atoms with van der Waals surface area (Å²) in [5, 5.41) is 27.3. The van der Waals surface area contributed by atoms with Crippen LogP contribution >= 0.6 is 0 Å². The van der Waals surface area contributed by atoms with Gasteiger partial charge < -0.3 is 5.73 Å². The van der Waals surface area contributed by atoms with Crippen LogP contribution in [0.3, 0.4) is 0 Å². The van der Waals surface area contributed by atoms with Gasteiger partial charge in [0.15, 0.2) is 0 Å². The van der Waals surface area contributed by atoms with Gasteiger partial charge in [-0.1, -0.05) is 18.2 Å². The van der Waals surface area contributed by atoms with Gasteiger partial charge in [-0.3, -0.25) is 15.2 Å². The fourth-order valence-electron chi connectivity index (χ4n) is 3.40. The smallest absolute Gasteiger partial charge is 0.351 e. The van der Waals surface area contributed by atoms with Gasteiger partial charge in [-0.05, 0) is 42.8 Å². The summed E-state index contributed by atoms with van der Waals surface area (Å²) in [6.07, 6.45) is -4.61. The Bertz CT molecular complexity index is 1170. The highest BCUT2D eigenvalue weighted by Crippen LogP contribution is 2.40. The maximum absolute atomic E-state index is 13.2. The van der Waals surface area contributed by atoms with Crippen LogP contribution in [0.25, 0.3) is 0 Å². The lowest BCUT2D eigenvalue weighted by molar-refractivity contribution is -0.137. The monoisotopic (exact) mass is 424 g/mol. The third-order valence-corrected chi connectivity index (χ3v) is 4.84. The summed E-state index contributed by atoms with van der Waals surface area (Å²) < 4.78 is 39.5. The third kappa shape index (κ3) is 3.79. The number of halogens is 3. The molecule has 1 atom stereocenters. The van der Waals surface area contributed by atoms with E-state index in [2.05, 4.69) is 0 Å². The summed E-state index contributed by atoms with van der Waals surface area (Å²) in [5.41, 5.74) is 5.49. The van der Waals surface area contributed by atoms with Crippen molar-refractivity contribution in [2.45, 2.75) is 19.1 Å². The van der Waals surface area contributed by atoms with Crippen molar-refractivity contribution in [3.05, 3.63) is 76.5 Å². The van der Waals surface area contributed by atoms with E-state index in [0.29, 0.717) is 11.1 Å². The van der Waals surface area contributed by atoms with Gasteiger partial charge >= 0.3 is 12.2 Å². The molecule has 1 heterocycles. The third-order valence-electron chi connectivity index (χ3n) is 4.84. The number of alkyl halides is 3. The largest absolute Gasteiger partial charge is 0.416 e. The van der Waals surface area contributed by atoms with E-state index in [1.165, 1.54) is 43.3 Å². The van der Waals surface area contributed by atoms with Gasteiger partial charge in [-0.15, -0.1) is 0 Å². The summed E-state index contributed by atoms with van der Waals surface area (Å²) in [6, 6.07) is 12.1. The van der Waals surface area contributed by atoms with Crippen molar-refractivity contribution in [3.63, 3.8) is 0 Å². The lowest BCUT2D eigenvalue weighted by Gasteiger charge is -2.42. The van der Waals surface area contributed by atoms with Crippen LogP contribution in [0.1, 0.15) is 29.7 Å². The van der Waals surface area contributed by atoms with Crippen molar-refractivity contribution in [1.29, 1.82) is 15.9 Å². The standard InChI is InChI=1S/C21H15F3N6O/c1-12-17(11-26)18(14-7-5-13(10-25)6-8-14)30(20(28)31)19(27)29(12)16-4-2-3-15(9-16)21(22,23)24/h2-9,18,27H,1H3,(H2,28,31). The zero-order valence-corrected chi connectivity index (χ0v) is 16.1. The number of nitrogens with two attached hydrogens (primary N) is 1. The van der Waals surface area contributed by atoms with E-state index in [1.807, 2.05) is 12.1 Å². The number of anilines is 1. The molecular formula is C21H15F3N6O. The molecule has 0 saturated carbocycles. The molecular weight excluding hydrogens is 409 g/mol. The summed E-state index contributed by atoms with van der Waals surface area (Å²) >= 11 is 0. The highest BCUT2D eigenvalue weighted by molar-refractivity contribution is 6.07. The number of nitrogens with one attached hydrogen (secondary N) is 1. The molecule has 2 aromatic rings. The molecule has 1 unspecified atom stereocenters. The normalized spacial score (nSPS) is 16.7. The maximum Gasteiger partial charge on any atom is 0.416 e. The van der Waals surface area contributed by atoms with Crippen LogP contribution in [0, 0.1) is 28.1 Å². The molecule has 0 fully saturated rings. The maximum atomic E-state index is 13.2. The van der Waals surface area contributed by atoms with Gasteiger partial charge in [0.05, 0.1) is 28.8 Å². The number of nitriles is 2. The number of carbonyl (C=O) groups is 1. The average Bonchev–Trinajstić information content (AvgIpc) is 2.73. The molecule has 3 N–H and O–H groups in total. The minimum absolute atomic E-state index is 0.0249. The second-order valence-electron chi connectivity index (χ2n) is 6.66. The molecule has 2 amide bonds. The van der Waals surface area contributed by atoms with Crippen LogP contribution in [-0.2, 0) is 6.18 Å². The Morgan fingerprint density at radius 2 is 1.77 bits per heavy atom. The number of amides is 2. The van der Waals surface area contributed by atoms with E-state index < -0.39 is 29.8 Å². The minimum atomic E-state index is -4.61. The van der Waals surface area contributed by atoms with E-state index in [0.717, 1.165) is 21.9 Å². The lowest BCUT2D eigenvalue weighted by atomic mass is 9.93. The Labute approximate surface area is 175 Å². The zero-order chi connectivity index (χ0) is 22.9. The Morgan fingerprint density at radius 3 is 2.29 bits per heavy atom. The molecule has 1 aliphatic rings. The number of primary amides is 1. The van der Waals surface area contributed by atoms with E-state index in [4.69, 9.17) is 16.4 Å². The quantitative estimate of drug-likeness (QED) is 0.748. The van der Waals surface area contributed by atoms with Gasteiger partial charge in [0.25, 0.3) is 0 Å². The van der Waals surface area contributed by atoms with Crippen molar-refractivity contribution in [2.24, 2.45) is 5.73 Å². The van der Waals surface area contributed by atoms with Gasteiger partial charge in [0.2, 0.25) is 5.96 Å². The Hall–Kier alpha value is -4.31. The first-order chi connectivity index (χ1) is 14.6. The van der Waals surface area contributed by atoms with Gasteiger partial charge in [-0.25, -0.2) is 4.79 Å². The zero-order valence-electron chi connectivity index (χ0n) is 16.1. The molecule has 0 spiro atoms. The van der Waals surface area contributed by atoms with Crippen molar-refractivity contribution in [1.82, 2.24) is 4.90 Å². The van der Waals surface area contributed by atoms with Crippen LogP contribution in [0.4, 0.5) is 23.7 Å². The van der Waals surface area contributed by atoms with Gasteiger partial charge in [-0.2, -0.15) is 23.7 Å². The number of guanidine groups is 1. The molecule has 10 heteroatoms. The average molecular weight is 424 g/mol. The number of urea groups is 1. The van der Waals surface area contributed by atoms with Crippen molar-refractivity contribution in [2.75, 3.05) is 4.90 Å². The number of carbonyl (C=O) groups excluding carboxylic acids is 1. The van der Waals surface area contributed by atoms with E-state index in [1.54, 1.807) is 0 Å². The second kappa shape index (κ2) is 7.84. The minimum Gasteiger partial charge on any atom is -0.351 e. The lowest BCUT2D eigenvalue weighted by Crippen LogP contribution is -2.54. The molecule has 0 aliphatic carbocycles. The molecule has 0 radical (unpaired) electrons. The van der Waals surface area contributed by atoms with Crippen molar-refractivity contribution < 1.29 is 18.0 Å². The van der Waals surface area contributed by atoms with Crippen molar-refractivity contribution >= 4 is 17.7 Å². The van der Waals surface area contributed by atoms with Crippen molar-refractivity contribution in [3.8, 4) is 12.1 Å². The van der Waals surface area contributed by atoms with Gasteiger partial charge in [0, 0.05) is 11.4 Å². The number of hydrogen-bond donors (Lipinski definition) is 2. The Morgan fingerprint density at radius 1 is 1.13 bits per heavy atom. The Kier molecular flexibility index (Phi) is 5.41. The molecule has 0 saturated heterocycles. The Balaban J connectivity index is 2.21. The van der Waals surface area contributed by atoms with Crippen LogP contribution < -0.4 is 10.6 Å². The fraction of sp³-hybridized carbons (Fsp3) is 0.143. The fourth-order valence-corrected chi connectivity index (χ4v) is 3.40. The SMILES string of the molecule is CC1=C(C#N)C(c2ccc(C#N)cc2)N(C(N)=O)C(=N)N1c1cccc(C(F)(F)F)c1. The molecule has 2 aromatic carbocycles.